The molecule has 0 unspecified atom stereocenters. The number of thiazole rings is 1. The van der Waals surface area contributed by atoms with E-state index in [9.17, 15) is 4.79 Å². The van der Waals surface area contributed by atoms with Crippen LogP contribution in [0.3, 0.4) is 0 Å². The standard InChI is InChI=1S/C14H8ClN3O3S3/c15-10-6-3-7-8(21-5-20-7)4-9(6)24-11(10)12(19)17-13(22)18-14-16-1-2-23-14/h1-4H,5H2,(H2,16,17,18,19,22). The molecule has 3 aromatic rings. The number of carbonyl (C=O) groups is 1. The maximum Gasteiger partial charge on any atom is 0.269 e. The van der Waals surface area contributed by atoms with Crippen molar-refractivity contribution < 1.29 is 14.3 Å². The first kappa shape index (κ1) is 15.6. The fourth-order valence-corrected chi connectivity index (χ4v) is 4.38. The van der Waals surface area contributed by atoms with E-state index in [4.69, 9.17) is 33.3 Å². The number of halogens is 1. The number of ether oxygens (including phenoxy) is 2. The third-order valence-electron chi connectivity index (χ3n) is 3.21. The second-order valence-electron chi connectivity index (χ2n) is 4.69. The summed E-state index contributed by atoms with van der Waals surface area (Å²) in [5, 5.41) is 9.13. The maximum absolute atomic E-state index is 12.4. The highest BCUT2D eigenvalue weighted by atomic mass is 35.5. The van der Waals surface area contributed by atoms with E-state index in [-0.39, 0.29) is 17.8 Å². The third kappa shape index (κ3) is 2.80. The molecular weight excluding hydrogens is 390 g/mol. The number of hydrogen-bond donors (Lipinski definition) is 2. The van der Waals surface area contributed by atoms with Crippen LogP contribution in [-0.4, -0.2) is 22.8 Å². The summed E-state index contributed by atoms with van der Waals surface area (Å²) >= 11 is 14.1. The average Bonchev–Trinajstić information content (AvgIpc) is 3.26. The minimum atomic E-state index is -0.378. The third-order valence-corrected chi connectivity index (χ3v) is 5.76. The van der Waals surface area contributed by atoms with Crippen LogP contribution in [0, 0.1) is 0 Å². The number of nitrogens with one attached hydrogen (secondary N) is 2. The second-order valence-corrected chi connectivity index (χ2v) is 7.43. The molecule has 6 nitrogen and oxygen atoms in total. The molecule has 0 atom stereocenters. The van der Waals surface area contributed by atoms with Gasteiger partial charge in [-0.2, -0.15) is 0 Å². The number of hydrogen-bond acceptors (Lipinski definition) is 7. The van der Waals surface area contributed by atoms with Gasteiger partial charge in [0.05, 0.1) is 5.02 Å². The van der Waals surface area contributed by atoms with E-state index < -0.39 is 0 Å². The topological polar surface area (TPSA) is 72.5 Å². The van der Waals surface area contributed by atoms with E-state index in [0.717, 1.165) is 10.1 Å². The number of benzene rings is 1. The van der Waals surface area contributed by atoms with Crippen LogP contribution >= 0.6 is 46.5 Å². The fourth-order valence-electron chi connectivity index (χ4n) is 2.18. The van der Waals surface area contributed by atoms with E-state index in [1.54, 1.807) is 17.6 Å². The van der Waals surface area contributed by atoms with Gasteiger partial charge >= 0.3 is 0 Å². The first-order chi connectivity index (χ1) is 11.6. The monoisotopic (exact) mass is 397 g/mol. The first-order valence-corrected chi connectivity index (χ1v) is 9.13. The van der Waals surface area contributed by atoms with Gasteiger partial charge in [-0.15, -0.1) is 22.7 Å². The van der Waals surface area contributed by atoms with Gasteiger partial charge in [-0.3, -0.25) is 10.1 Å². The molecule has 1 aliphatic heterocycles. The van der Waals surface area contributed by atoms with Gasteiger partial charge in [-0.1, -0.05) is 11.6 Å². The van der Waals surface area contributed by atoms with Crippen LogP contribution in [0.25, 0.3) is 10.1 Å². The molecule has 0 radical (unpaired) electrons. The smallest absolute Gasteiger partial charge is 0.269 e. The lowest BCUT2D eigenvalue weighted by molar-refractivity contribution is 0.0982. The highest BCUT2D eigenvalue weighted by Crippen LogP contribution is 2.43. The van der Waals surface area contributed by atoms with Crippen LogP contribution in [0.4, 0.5) is 5.13 Å². The lowest BCUT2D eigenvalue weighted by atomic mass is 10.2. The molecule has 3 heterocycles. The molecule has 0 saturated carbocycles. The highest BCUT2D eigenvalue weighted by molar-refractivity contribution is 7.80. The zero-order chi connectivity index (χ0) is 16.7. The highest BCUT2D eigenvalue weighted by Gasteiger charge is 2.22. The average molecular weight is 398 g/mol. The molecule has 0 fully saturated rings. The lowest BCUT2D eigenvalue weighted by Crippen LogP contribution is -2.33. The molecule has 1 amide bonds. The Hall–Kier alpha value is -1.94. The van der Waals surface area contributed by atoms with Gasteiger partial charge in [-0.05, 0) is 18.3 Å². The Morgan fingerprint density at radius 2 is 2.12 bits per heavy atom. The van der Waals surface area contributed by atoms with Crippen LogP contribution in [0.15, 0.2) is 23.7 Å². The number of fused-ring (bicyclic) bond motifs is 2. The van der Waals surface area contributed by atoms with E-state index in [2.05, 4.69) is 15.6 Å². The number of anilines is 1. The molecule has 10 heteroatoms. The minimum absolute atomic E-state index is 0.164. The molecule has 0 saturated heterocycles. The quantitative estimate of drug-likeness (QED) is 0.639. The lowest BCUT2D eigenvalue weighted by Gasteiger charge is -2.06. The molecule has 0 bridgehead atoms. The molecule has 24 heavy (non-hydrogen) atoms. The number of nitrogens with zero attached hydrogens (tertiary/aromatic N) is 1. The summed E-state index contributed by atoms with van der Waals surface area (Å²) in [5.41, 5.74) is 0. The second kappa shape index (κ2) is 6.17. The Balaban J connectivity index is 1.58. The van der Waals surface area contributed by atoms with Crippen molar-refractivity contribution in [3.8, 4) is 11.5 Å². The van der Waals surface area contributed by atoms with Crippen molar-refractivity contribution in [2.24, 2.45) is 0 Å². The van der Waals surface area contributed by atoms with E-state index in [1.807, 2.05) is 6.07 Å². The van der Waals surface area contributed by atoms with E-state index in [0.29, 0.717) is 26.5 Å². The molecule has 2 N–H and O–H groups in total. The van der Waals surface area contributed by atoms with Gasteiger partial charge in [0.1, 0.15) is 4.88 Å². The Bertz CT molecular complexity index is 955. The van der Waals surface area contributed by atoms with Crippen LogP contribution in [-0.2, 0) is 0 Å². The summed E-state index contributed by atoms with van der Waals surface area (Å²) in [6.45, 7) is 0.189. The summed E-state index contributed by atoms with van der Waals surface area (Å²) in [5.74, 6) is 0.890. The Morgan fingerprint density at radius 1 is 1.33 bits per heavy atom. The van der Waals surface area contributed by atoms with Crippen molar-refractivity contribution in [1.29, 1.82) is 0 Å². The zero-order valence-corrected chi connectivity index (χ0v) is 15.0. The Morgan fingerprint density at radius 3 is 2.88 bits per heavy atom. The molecule has 1 aliphatic rings. The van der Waals surface area contributed by atoms with Crippen molar-refractivity contribution in [3.05, 3.63) is 33.6 Å². The molecule has 1 aromatic carbocycles. The first-order valence-electron chi connectivity index (χ1n) is 6.65. The number of aromatic nitrogens is 1. The van der Waals surface area contributed by atoms with E-state index >= 15 is 0 Å². The zero-order valence-electron chi connectivity index (χ0n) is 11.8. The van der Waals surface area contributed by atoms with Crippen LogP contribution in [0.5, 0.6) is 11.5 Å². The SMILES string of the molecule is O=C(NC(=S)Nc1nccs1)c1sc2cc3c(cc2c1Cl)OCO3. The van der Waals surface area contributed by atoms with E-state index in [1.165, 1.54) is 22.7 Å². The number of thiocarbonyl (C=S) groups is 1. The normalized spacial score (nSPS) is 12.4. The molecule has 0 aliphatic carbocycles. The summed E-state index contributed by atoms with van der Waals surface area (Å²) in [4.78, 5) is 16.9. The van der Waals surface area contributed by atoms with Crippen LogP contribution < -0.4 is 20.1 Å². The van der Waals surface area contributed by atoms with Gasteiger partial charge in [0.25, 0.3) is 5.91 Å². The molecule has 4 rings (SSSR count). The summed E-state index contributed by atoms with van der Waals surface area (Å²) in [6.07, 6.45) is 1.64. The summed E-state index contributed by atoms with van der Waals surface area (Å²) in [6, 6.07) is 3.59. The van der Waals surface area contributed by atoms with Crippen LogP contribution in [0.1, 0.15) is 9.67 Å². The number of carbonyl (C=O) groups excluding carboxylic acids is 1. The van der Waals surface area contributed by atoms with Gasteiger partial charge in [0.2, 0.25) is 6.79 Å². The fraction of sp³-hybridized carbons (Fsp3) is 0.0714. The number of amides is 1. The van der Waals surface area contributed by atoms with Gasteiger partial charge in [0, 0.05) is 27.7 Å². The number of thiophene rings is 1. The maximum atomic E-state index is 12.4. The van der Waals surface area contributed by atoms with Crippen molar-refractivity contribution in [2.45, 2.75) is 0 Å². The van der Waals surface area contributed by atoms with Crippen molar-refractivity contribution in [3.63, 3.8) is 0 Å². The summed E-state index contributed by atoms with van der Waals surface area (Å²) in [7, 11) is 0. The molecule has 0 spiro atoms. The largest absolute Gasteiger partial charge is 0.454 e. The number of rotatable bonds is 2. The summed E-state index contributed by atoms with van der Waals surface area (Å²) < 4.78 is 11.5. The predicted molar refractivity (Wildman–Crippen MR) is 98.8 cm³/mol. The van der Waals surface area contributed by atoms with Crippen LogP contribution in [0.2, 0.25) is 5.02 Å². The Labute approximate surface area is 154 Å². The van der Waals surface area contributed by atoms with Crippen molar-refractivity contribution in [1.82, 2.24) is 10.3 Å². The van der Waals surface area contributed by atoms with Gasteiger partial charge in [-0.25, -0.2) is 4.98 Å². The van der Waals surface area contributed by atoms with Gasteiger partial charge in [0.15, 0.2) is 21.7 Å². The minimum Gasteiger partial charge on any atom is -0.454 e. The molecular formula is C14H8ClN3O3S3. The molecule has 2 aromatic heterocycles. The van der Waals surface area contributed by atoms with Gasteiger partial charge < -0.3 is 14.8 Å². The predicted octanol–water partition coefficient (Wildman–Crippen LogP) is 3.87. The Kier molecular flexibility index (Phi) is 4.01. The van der Waals surface area contributed by atoms with Crippen molar-refractivity contribution >= 4 is 72.7 Å². The van der Waals surface area contributed by atoms with Crippen molar-refractivity contribution in [2.75, 3.05) is 12.1 Å². The molecule has 122 valence electrons.